The van der Waals surface area contributed by atoms with Crippen LogP contribution in [0.25, 0.3) is 11.1 Å². The van der Waals surface area contributed by atoms with Crippen LogP contribution in [-0.2, 0) is 18.9 Å². The van der Waals surface area contributed by atoms with Crippen LogP contribution in [0.2, 0.25) is 0 Å². The minimum absolute atomic E-state index is 0.217. The van der Waals surface area contributed by atoms with E-state index >= 15 is 0 Å². The van der Waals surface area contributed by atoms with Crippen LogP contribution in [0.1, 0.15) is 54.3 Å². The van der Waals surface area contributed by atoms with E-state index in [0.29, 0.717) is 17.8 Å². The lowest BCUT2D eigenvalue weighted by Gasteiger charge is -2.10. The van der Waals surface area contributed by atoms with Crippen molar-refractivity contribution in [3.63, 3.8) is 0 Å². The lowest BCUT2D eigenvalue weighted by Crippen LogP contribution is -2.15. The van der Waals surface area contributed by atoms with Gasteiger partial charge in [-0.2, -0.15) is 8.78 Å². The number of aromatic nitrogens is 3. The highest BCUT2D eigenvalue weighted by molar-refractivity contribution is 5.95. The molecule has 0 aliphatic carbocycles. The molecular formula is C24H23F2N3O2. The molecule has 31 heavy (non-hydrogen) atoms. The van der Waals surface area contributed by atoms with Gasteiger partial charge in [0.25, 0.3) is 0 Å². The summed E-state index contributed by atoms with van der Waals surface area (Å²) in [4.78, 5) is 15.5. The predicted molar refractivity (Wildman–Crippen MR) is 114 cm³/mol. The van der Waals surface area contributed by atoms with Gasteiger partial charge in [0.05, 0.1) is 18.5 Å². The van der Waals surface area contributed by atoms with Gasteiger partial charge in [-0.05, 0) is 36.1 Å². The SMILES string of the molecule is CC#CCc1nc(C(F)(F)CCC)nn1Cc1ccc(-c2ccccc2C(=O)O)cc1. The second-order valence-corrected chi connectivity index (χ2v) is 7.11. The molecule has 1 heterocycles. The van der Waals surface area contributed by atoms with Crippen LogP contribution in [0.15, 0.2) is 48.5 Å². The first-order chi connectivity index (χ1) is 14.9. The van der Waals surface area contributed by atoms with E-state index in [-0.39, 0.29) is 24.9 Å². The quantitative estimate of drug-likeness (QED) is 0.509. The highest BCUT2D eigenvalue weighted by Gasteiger charge is 2.36. The summed E-state index contributed by atoms with van der Waals surface area (Å²) < 4.78 is 30.1. The van der Waals surface area contributed by atoms with Gasteiger partial charge >= 0.3 is 11.9 Å². The lowest BCUT2D eigenvalue weighted by molar-refractivity contribution is -0.0232. The molecule has 0 atom stereocenters. The van der Waals surface area contributed by atoms with Gasteiger partial charge in [-0.25, -0.2) is 14.5 Å². The first-order valence-corrected chi connectivity index (χ1v) is 9.99. The molecule has 0 amide bonds. The zero-order valence-electron chi connectivity index (χ0n) is 17.4. The number of hydrogen-bond acceptors (Lipinski definition) is 3. The molecule has 3 rings (SSSR count). The second-order valence-electron chi connectivity index (χ2n) is 7.11. The number of carboxylic acids is 1. The molecule has 0 saturated heterocycles. The number of aromatic carboxylic acids is 1. The van der Waals surface area contributed by atoms with Gasteiger partial charge in [0.15, 0.2) is 0 Å². The van der Waals surface area contributed by atoms with Crippen LogP contribution in [-0.4, -0.2) is 25.8 Å². The highest BCUT2D eigenvalue weighted by atomic mass is 19.3. The van der Waals surface area contributed by atoms with Gasteiger partial charge in [0, 0.05) is 6.42 Å². The van der Waals surface area contributed by atoms with Crippen molar-refractivity contribution in [2.75, 3.05) is 0 Å². The summed E-state index contributed by atoms with van der Waals surface area (Å²) in [6, 6.07) is 14.0. The number of hydrogen-bond donors (Lipinski definition) is 1. The van der Waals surface area contributed by atoms with Gasteiger partial charge in [-0.15, -0.1) is 11.0 Å². The Bertz CT molecular complexity index is 1130. The van der Waals surface area contributed by atoms with Crippen molar-refractivity contribution in [3.05, 3.63) is 71.3 Å². The number of benzene rings is 2. The maximum absolute atomic E-state index is 14.3. The zero-order chi connectivity index (χ0) is 22.4. The molecule has 1 aromatic heterocycles. The molecule has 5 nitrogen and oxygen atoms in total. The Hall–Kier alpha value is -3.53. The molecule has 0 fully saturated rings. The Kier molecular flexibility index (Phi) is 6.81. The van der Waals surface area contributed by atoms with Crippen LogP contribution >= 0.6 is 0 Å². The smallest absolute Gasteiger partial charge is 0.336 e. The Balaban J connectivity index is 1.89. The molecule has 0 spiro atoms. The summed E-state index contributed by atoms with van der Waals surface area (Å²) in [6.45, 7) is 3.64. The van der Waals surface area contributed by atoms with E-state index in [9.17, 15) is 18.7 Å². The first-order valence-electron chi connectivity index (χ1n) is 9.99. The van der Waals surface area contributed by atoms with E-state index in [0.717, 1.165) is 11.1 Å². The van der Waals surface area contributed by atoms with Crippen LogP contribution in [0, 0.1) is 11.8 Å². The lowest BCUT2D eigenvalue weighted by atomic mass is 9.99. The number of rotatable bonds is 8. The molecule has 160 valence electrons. The Labute approximate surface area is 179 Å². The minimum atomic E-state index is -3.08. The number of carbonyl (C=O) groups is 1. The van der Waals surface area contributed by atoms with Crippen LogP contribution < -0.4 is 0 Å². The molecule has 1 N–H and O–H groups in total. The summed E-state index contributed by atoms with van der Waals surface area (Å²) >= 11 is 0. The van der Waals surface area contributed by atoms with Crippen molar-refractivity contribution in [3.8, 4) is 23.0 Å². The van der Waals surface area contributed by atoms with Gasteiger partial charge in [-0.1, -0.05) is 55.3 Å². The normalized spacial score (nSPS) is 11.1. The third-order valence-electron chi connectivity index (χ3n) is 4.82. The molecule has 0 aliphatic rings. The van der Waals surface area contributed by atoms with Crippen LogP contribution in [0.4, 0.5) is 8.78 Å². The molecule has 0 aliphatic heterocycles. The fraction of sp³-hybridized carbons (Fsp3) is 0.292. The molecule has 3 aromatic rings. The topological polar surface area (TPSA) is 68.0 Å². The molecular weight excluding hydrogens is 400 g/mol. The number of halogens is 2. The molecule has 0 bridgehead atoms. The molecule has 2 aromatic carbocycles. The van der Waals surface area contributed by atoms with E-state index in [4.69, 9.17) is 0 Å². The van der Waals surface area contributed by atoms with Gasteiger partial charge in [0.1, 0.15) is 5.82 Å². The number of nitrogens with zero attached hydrogens (tertiary/aromatic N) is 3. The van der Waals surface area contributed by atoms with Crippen molar-refractivity contribution >= 4 is 5.97 Å². The van der Waals surface area contributed by atoms with E-state index in [1.807, 2.05) is 24.3 Å². The maximum Gasteiger partial charge on any atom is 0.336 e. The fourth-order valence-corrected chi connectivity index (χ4v) is 3.26. The van der Waals surface area contributed by atoms with E-state index in [1.54, 1.807) is 38.1 Å². The van der Waals surface area contributed by atoms with Gasteiger partial charge < -0.3 is 5.11 Å². The minimum Gasteiger partial charge on any atom is -0.478 e. The van der Waals surface area contributed by atoms with Crippen LogP contribution in [0.5, 0.6) is 0 Å². The molecule has 0 unspecified atom stereocenters. The average molecular weight is 423 g/mol. The van der Waals surface area contributed by atoms with E-state index in [1.165, 1.54) is 4.68 Å². The summed E-state index contributed by atoms with van der Waals surface area (Å²) in [7, 11) is 0. The zero-order valence-corrected chi connectivity index (χ0v) is 17.4. The van der Waals surface area contributed by atoms with Crippen LogP contribution in [0.3, 0.4) is 0 Å². The Morgan fingerprint density at radius 2 is 1.87 bits per heavy atom. The molecule has 0 radical (unpaired) electrons. The largest absolute Gasteiger partial charge is 0.478 e. The predicted octanol–water partition coefficient (Wildman–Crippen LogP) is 5.15. The maximum atomic E-state index is 14.3. The molecule has 7 heteroatoms. The Morgan fingerprint density at radius 3 is 2.52 bits per heavy atom. The van der Waals surface area contributed by atoms with Crippen molar-refractivity contribution in [1.29, 1.82) is 0 Å². The standard InChI is InChI=1S/C24H23F2N3O2/c1-3-5-10-21-27-23(24(25,26)15-4-2)28-29(21)16-17-11-13-18(14-12-17)19-8-6-7-9-20(19)22(30)31/h6-9,11-14H,4,10,15-16H2,1-2H3,(H,30,31). The third kappa shape index (κ3) is 5.15. The number of carboxylic acid groups (broad SMARTS) is 1. The average Bonchev–Trinajstić information content (AvgIpc) is 3.16. The van der Waals surface area contributed by atoms with E-state index in [2.05, 4.69) is 21.9 Å². The van der Waals surface area contributed by atoms with Crippen molar-refractivity contribution in [1.82, 2.24) is 14.8 Å². The Morgan fingerprint density at radius 1 is 1.16 bits per heavy atom. The summed E-state index contributed by atoms with van der Waals surface area (Å²) in [5, 5.41) is 13.5. The second kappa shape index (κ2) is 9.52. The van der Waals surface area contributed by atoms with Gasteiger partial charge in [-0.3, -0.25) is 0 Å². The highest BCUT2D eigenvalue weighted by Crippen LogP contribution is 2.31. The van der Waals surface area contributed by atoms with Crippen molar-refractivity contribution in [2.24, 2.45) is 0 Å². The fourth-order valence-electron chi connectivity index (χ4n) is 3.26. The summed E-state index contributed by atoms with van der Waals surface area (Å²) in [5.74, 6) is 1.45. The summed E-state index contributed by atoms with van der Waals surface area (Å²) in [6.07, 6.45) is 0.244. The van der Waals surface area contributed by atoms with E-state index < -0.39 is 17.7 Å². The third-order valence-corrected chi connectivity index (χ3v) is 4.82. The van der Waals surface area contributed by atoms with Gasteiger partial charge in [0.2, 0.25) is 5.82 Å². The van der Waals surface area contributed by atoms with Crippen molar-refractivity contribution in [2.45, 2.75) is 45.6 Å². The number of alkyl halides is 2. The monoisotopic (exact) mass is 423 g/mol. The molecule has 0 saturated carbocycles. The van der Waals surface area contributed by atoms with Crippen molar-refractivity contribution < 1.29 is 18.7 Å². The first kappa shape index (κ1) is 22.2. The summed E-state index contributed by atoms with van der Waals surface area (Å²) in [5.41, 5.74) is 2.42.